The number of pyridine rings is 2. The largest absolute Gasteiger partial charge is 0.444 e. The number of ether oxygens (including phenoxy) is 1. The molecule has 0 aromatic carbocycles. The van der Waals surface area contributed by atoms with Crippen LogP contribution in [0.2, 0.25) is 0 Å². The molecule has 3 aromatic heterocycles. The summed E-state index contributed by atoms with van der Waals surface area (Å²) in [5.41, 5.74) is 2.15. The van der Waals surface area contributed by atoms with Gasteiger partial charge in [-0.25, -0.2) is 28.3 Å². The van der Waals surface area contributed by atoms with Gasteiger partial charge in [-0.2, -0.15) is 0 Å². The first kappa shape index (κ1) is 25.7. The number of amides is 3. The molecule has 202 valence electrons. The lowest BCUT2D eigenvalue weighted by molar-refractivity contribution is 0.0240. The first-order valence-electron chi connectivity index (χ1n) is 12.6. The van der Waals surface area contributed by atoms with Gasteiger partial charge in [0.15, 0.2) is 0 Å². The summed E-state index contributed by atoms with van der Waals surface area (Å²) < 4.78 is 34.3. The van der Waals surface area contributed by atoms with Crippen molar-refractivity contribution < 1.29 is 23.1 Å². The summed E-state index contributed by atoms with van der Waals surface area (Å²) in [6.45, 7) is 9.98. The average molecular weight is 528 g/mol. The third-order valence-corrected chi connectivity index (χ3v) is 6.55. The zero-order valence-electron chi connectivity index (χ0n) is 21.9. The molecule has 5 heterocycles. The zero-order valence-corrected chi connectivity index (χ0v) is 21.9. The van der Waals surface area contributed by atoms with Gasteiger partial charge < -0.3 is 24.3 Å². The molecule has 0 bridgehead atoms. The van der Waals surface area contributed by atoms with Crippen LogP contribution in [0.25, 0.3) is 5.65 Å². The number of aryl methyl sites for hydroxylation is 1. The van der Waals surface area contributed by atoms with Crippen LogP contribution in [-0.2, 0) is 11.2 Å². The van der Waals surface area contributed by atoms with Crippen LogP contribution in [0.5, 0.6) is 0 Å². The highest BCUT2D eigenvalue weighted by molar-refractivity contribution is 6.03. The zero-order chi connectivity index (χ0) is 27.2. The van der Waals surface area contributed by atoms with E-state index in [1.165, 1.54) is 15.4 Å². The van der Waals surface area contributed by atoms with Gasteiger partial charge in [0.05, 0.1) is 16.9 Å². The molecular weight excluding hydrogens is 496 g/mol. The number of anilines is 3. The van der Waals surface area contributed by atoms with Gasteiger partial charge in [0.2, 0.25) is 0 Å². The standard InChI is InChI=1S/C26H31F2N7O3/c1-16-14-34-15-17(13-19(21(27)28)23(34)30-16)31-24(36)35-8-6-18-20(5-7-29-22(18)35)32-9-11-33(12-10-32)25(37)38-26(2,3)4/h5,7,13-15,21H,6,8-12H2,1-4H3,(H,31,36). The van der Waals surface area contributed by atoms with E-state index in [2.05, 4.69) is 20.2 Å². The van der Waals surface area contributed by atoms with Gasteiger partial charge in [0.1, 0.15) is 17.1 Å². The number of nitrogens with zero attached hydrogens (tertiary/aromatic N) is 6. The predicted octanol–water partition coefficient (Wildman–Crippen LogP) is 4.63. The molecule has 0 spiro atoms. The Morgan fingerprint density at radius 1 is 1.11 bits per heavy atom. The Morgan fingerprint density at radius 3 is 2.53 bits per heavy atom. The van der Waals surface area contributed by atoms with Crippen molar-refractivity contribution in [3.05, 3.63) is 47.5 Å². The first-order valence-corrected chi connectivity index (χ1v) is 12.6. The molecule has 0 radical (unpaired) electrons. The minimum atomic E-state index is -2.73. The lowest BCUT2D eigenvalue weighted by Crippen LogP contribution is -2.50. The Balaban J connectivity index is 1.30. The van der Waals surface area contributed by atoms with Crippen molar-refractivity contribution in [3.8, 4) is 0 Å². The van der Waals surface area contributed by atoms with Crippen molar-refractivity contribution in [2.24, 2.45) is 0 Å². The van der Waals surface area contributed by atoms with E-state index >= 15 is 0 Å². The maximum atomic E-state index is 13.7. The predicted molar refractivity (Wildman–Crippen MR) is 139 cm³/mol. The van der Waals surface area contributed by atoms with Gasteiger partial charge >= 0.3 is 12.1 Å². The van der Waals surface area contributed by atoms with Gasteiger partial charge in [-0.3, -0.25) is 4.90 Å². The lowest BCUT2D eigenvalue weighted by Gasteiger charge is -2.37. The third kappa shape index (κ3) is 5.07. The van der Waals surface area contributed by atoms with Crippen LogP contribution in [0.1, 0.15) is 44.0 Å². The molecule has 0 atom stereocenters. The normalized spacial score (nSPS) is 15.8. The number of aromatic nitrogens is 3. The molecule has 1 saturated heterocycles. The molecule has 10 nitrogen and oxygen atoms in total. The van der Waals surface area contributed by atoms with Gasteiger partial charge in [-0.1, -0.05) is 0 Å². The summed E-state index contributed by atoms with van der Waals surface area (Å²) in [6, 6.07) is 2.74. The van der Waals surface area contributed by atoms with Crippen LogP contribution >= 0.6 is 0 Å². The maximum Gasteiger partial charge on any atom is 0.410 e. The number of nitrogens with one attached hydrogen (secondary N) is 1. The van der Waals surface area contributed by atoms with E-state index in [-0.39, 0.29) is 23.0 Å². The molecule has 0 aliphatic carbocycles. The van der Waals surface area contributed by atoms with Crippen molar-refractivity contribution in [2.75, 3.05) is 47.8 Å². The topological polar surface area (TPSA) is 95.3 Å². The summed E-state index contributed by atoms with van der Waals surface area (Å²) in [7, 11) is 0. The summed E-state index contributed by atoms with van der Waals surface area (Å²) in [4.78, 5) is 39.7. The number of fused-ring (bicyclic) bond motifs is 2. The van der Waals surface area contributed by atoms with E-state index in [4.69, 9.17) is 4.74 Å². The third-order valence-electron chi connectivity index (χ3n) is 6.55. The smallest absolute Gasteiger partial charge is 0.410 e. The Bertz CT molecular complexity index is 1380. The quantitative estimate of drug-likeness (QED) is 0.534. The molecule has 2 aliphatic heterocycles. The summed E-state index contributed by atoms with van der Waals surface area (Å²) in [5.74, 6) is 0.545. The molecule has 0 saturated carbocycles. The number of rotatable bonds is 3. The van der Waals surface area contributed by atoms with E-state index in [0.29, 0.717) is 50.7 Å². The Hall–Kier alpha value is -3.96. The summed E-state index contributed by atoms with van der Waals surface area (Å²) in [5, 5.41) is 2.75. The lowest BCUT2D eigenvalue weighted by atomic mass is 10.1. The number of hydrogen-bond acceptors (Lipinski definition) is 6. The number of carbonyl (C=O) groups is 2. The second kappa shape index (κ2) is 9.73. The molecular formula is C26H31F2N7O3. The van der Waals surface area contributed by atoms with E-state index in [9.17, 15) is 18.4 Å². The number of urea groups is 1. The summed E-state index contributed by atoms with van der Waals surface area (Å²) in [6.07, 6.45) is 2.43. The fraction of sp³-hybridized carbons (Fsp3) is 0.462. The van der Waals surface area contributed by atoms with Crippen molar-refractivity contribution in [2.45, 2.75) is 46.1 Å². The Labute approximate surface area is 219 Å². The van der Waals surface area contributed by atoms with Crippen LogP contribution < -0.4 is 15.1 Å². The van der Waals surface area contributed by atoms with E-state index in [1.54, 1.807) is 30.4 Å². The molecule has 0 unspecified atom stereocenters. The van der Waals surface area contributed by atoms with Crippen LogP contribution in [0, 0.1) is 6.92 Å². The monoisotopic (exact) mass is 527 g/mol. The Kier molecular flexibility index (Phi) is 6.58. The number of halogens is 2. The minimum absolute atomic E-state index is 0.167. The van der Waals surface area contributed by atoms with Crippen LogP contribution in [0.3, 0.4) is 0 Å². The molecule has 3 aromatic rings. The van der Waals surface area contributed by atoms with Gasteiger partial charge in [-0.05, 0) is 46.2 Å². The molecule has 5 rings (SSSR count). The Morgan fingerprint density at radius 2 is 1.84 bits per heavy atom. The number of carbonyl (C=O) groups excluding carboxylic acids is 2. The second-order valence-corrected chi connectivity index (χ2v) is 10.5. The first-order chi connectivity index (χ1) is 18.0. The fourth-order valence-corrected chi connectivity index (χ4v) is 4.89. The van der Waals surface area contributed by atoms with Crippen LogP contribution in [0.4, 0.5) is 35.6 Å². The number of alkyl halides is 2. The van der Waals surface area contributed by atoms with E-state index in [1.807, 2.05) is 26.8 Å². The minimum Gasteiger partial charge on any atom is -0.444 e. The van der Waals surface area contributed by atoms with Crippen molar-refractivity contribution in [1.82, 2.24) is 19.3 Å². The van der Waals surface area contributed by atoms with Crippen molar-refractivity contribution >= 4 is 35.0 Å². The molecule has 12 heteroatoms. The van der Waals surface area contributed by atoms with Gasteiger partial charge in [0.25, 0.3) is 6.43 Å². The van der Waals surface area contributed by atoms with Crippen molar-refractivity contribution in [3.63, 3.8) is 0 Å². The van der Waals surface area contributed by atoms with E-state index in [0.717, 1.165) is 11.3 Å². The second-order valence-electron chi connectivity index (χ2n) is 10.5. The summed E-state index contributed by atoms with van der Waals surface area (Å²) >= 11 is 0. The molecule has 1 N–H and O–H groups in total. The highest BCUT2D eigenvalue weighted by atomic mass is 19.3. The highest BCUT2D eigenvalue weighted by Gasteiger charge is 2.32. The average Bonchev–Trinajstić information content (AvgIpc) is 3.45. The highest BCUT2D eigenvalue weighted by Crippen LogP contribution is 2.35. The molecule has 2 aliphatic rings. The van der Waals surface area contributed by atoms with Crippen LogP contribution in [-0.4, -0.2) is 69.7 Å². The van der Waals surface area contributed by atoms with Gasteiger partial charge in [-0.15, -0.1) is 0 Å². The van der Waals surface area contributed by atoms with E-state index < -0.39 is 18.1 Å². The molecule has 1 fully saturated rings. The SMILES string of the molecule is Cc1cn2cc(NC(=O)N3CCc4c(N5CCN(C(=O)OC(C)(C)C)CC5)ccnc43)cc(C(F)F)c2n1. The van der Waals surface area contributed by atoms with Crippen molar-refractivity contribution in [1.29, 1.82) is 0 Å². The number of hydrogen-bond donors (Lipinski definition) is 1. The van der Waals surface area contributed by atoms with Gasteiger partial charge in [0, 0.05) is 62.6 Å². The fourth-order valence-electron chi connectivity index (χ4n) is 4.89. The maximum absolute atomic E-state index is 13.7. The molecule has 3 amide bonds. The number of imidazole rings is 1. The molecule has 38 heavy (non-hydrogen) atoms. The number of piperazine rings is 1. The van der Waals surface area contributed by atoms with Crippen LogP contribution in [0.15, 0.2) is 30.7 Å².